The number of aromatic nitrogens is 1. The summed E-state index contributed by atoms with van der Waals surface area (Å²) in [6, 6.07) is 1.72. The molecule has 0 aromatic carbocycles. The number of aryl methyl sites for hydroxylation is 1. The first kappa shape index (κ1) is 19.6. The van der Waals surface area contributed by atoms with E-state index in [2.05, 4.69) is 12.7 Å². The third-order valence-electron chi connectivity index (χ3n) is 5.77. The van der Waals surface area contributed by atoms with Crippen LogP contribution < -0.4 is 28.6 Å². The lowest BCUT2D eigenvalue weighted by atomic mass is 10.0. The summed E-state index contributed by atoms with van der Waals surface area (Å²) in [4.78, 5) is 26.1. The van der Waals surface area contributed by atoms with Crippen molar-refractivity contribution in [3.05, 3.63) is 45.1 Å². The number of halogens is 2. The zero-order chi connectivity index (χ0) is 18.7. The summed E-state index contributed by atoms with van der Waals surface area (Å²) in [6.07, 6.45) is 3.07. The number of carboxylic acids is 1. The molecule has 0 amide bonds. The van der Waals surface area contributed by atoms with Crippen molar-refractivity contribution in [2.75, 3.05) is 18.0 Å². The largest absolute Gasteiger partial charge is 1.00 e. The Morgan fingerprint density at radius 1 is 1.33 bits per heavy atom. The molecule has 1 aliphatic carbocycles. The fraction of sp³-hybridized carbons (Fsp3) is 0.474. The molecule has 0 spiro atoms. The van der Waals surface area contributed by atoms with Crippen molar-refractivity contribution in [2.24, 2.45) is 5.92 Å². The van der Waals surface area contributed by atoms with Crippen molar-refractivity contribution >= 4 is 17.2 Å². The van der Waals surface area contributed by atoms with Gasteiger partial charge in [-0.2, -0.15) is 0 Å². The summed E-state index contributed by atoms with van der Waals surface area (Å²) in [5, 5.41) is 9.35. The number of aromatic carboxylic acids is 1. The van der Waals surface area contributed by atoms with E-state index in [0.29, 0.717) is 29.2 Å². The van der Waals surface area contributed by atoms with Crippen molar-refractivity contribution in [1.29, 1.82) is 0 Å². The minimum absolute atomic E-state index is 0. The minimum Gasteiger partial charge on any atom is -1.00 e. The van der Waals surface area contributed by atoms with E-state index in [-0.39, 0.29) is 29.9 Å². The molecule has 2 fully saturated rings. The van der Waals surface area contributed by atoms with Crippen LogP contribution in [0.15, 0.2) is 17.1 Å². The molecule has 146 valence electrons. The smallest absolute Gasteiger partial charge is 0.341 e. The molecule has 1 saturated carbocycles. The second-order valence-corrected chi connectivity index (χ2v) is 7.71. The zero-order valence-electron chi connectivity index (χ0n) is 15.3. The number of anilines is 1. The number of fused-ring (bicyclic) bond motifs is 1. The van der Waals surface area contributed by atoms with Crippen LogP contribution in [0.25, 0.3) is 5.52 Å². The van der Waals surface area contributed by atoms with Gasteiger partial charge in [-0.25, -0.2) is 9.18 Å². The summed E-state index contributed by atoms with van der Waals surface area (Å²) in [7, 11) is 0. The number of rotatable bonds is 3. The number of pyridine rings is 2. The zero-order valence-corrected chi connectivity index (χ0v) is 16.1. The summed E-state index contributed by atoms with van der Waals surface area (Å²) in [5.74, 6) is -1.17. The van der Waals surface area contributed by atoms with E-state index in [1.165, 1.54) is 10.5 Å². The van der Waals surface area contributed by atoms with Crippen molar-refractivity contribution < 1.29 is 32.4 Å². The van der Waals surface area contributed by atoms with Gasteiger partial charge in [0.05, 0.1) is 23.9 Å². The Balaban J connectivity index is 0.00000210. The van der Waals surface area contributed by atoms with Gasteiger partial charge in [0.25, 0.3) is 5.56 Å². The standard InChI is InChI=1S/C19H22FN3O3.ClH/c1-9-6-22(8-15(9)21)17-10(2)16-12(11-3-4-11)5-13(19(25)26)18(24)23(16)7-14(17)20;/h5,7,9,11,15H,3-4,6,8,21H2,1-2H3,(H,25,26);1H/t9-,15-;/m1./s1. The molecular weight excluding hydrogens is 373 g/mol. The van der Waals surface area contributed by atoms with Gasteiger partial charge in [-0.3, -0.25) is 9.20 Å². The minimum atomic E-state index is -1.28. The second-order valence-electron chi connectivity index (χ2n) is 7.71. The average molecular weight is 396 g/mol. The number of hydrogen-bond acceptors (Lipinski definition) is 3. The Bertz CT molecular complexity index is 977. The molecule has 0 radical (unpaired) electrons. The SMILES string of the molecule is Cc1c(N2C[C@@H](C)[C@H]([NH3+])C2)c(F)cn2c(=O)c(C(=O)O)cc(C3CC3)c12.[Cl-]. The molecule has 0 bridgehead atoms. The van der Waals surface area contributed by atoms with Crippen molar-refractivity contribution in [3.63, 3.8) is 0 Å². The highest BCUT2D eigenvalue weighted by Crippen LogP contribution is 2.44. The number of hydrogen-bond donors (Lipinski definition) is 2. The number of carboxylic acid groups (broad SMARTS) is 1. The second kappa shape index (κ2) is 6.80. The maximum atomic E-state index is 15.0. The lowest BCUT2D eigenvalue weighted by Crippen LogP contribution is -3.00. The summed E-state index contributed by atoms with van der Waals surface area (Å²) in [6.45, 7) is 5.31. The molecule has 2 aliphatic rings. The third-order valence-corrected chi connectivity index (χ3v) is 5.77. The average Bonchev–Trinajstić information content (AvgIpc) is 3.35. The number of quaternary nitrogens is 1. The normalized spacial score (nSPS) is 22.1. The third kappa shape index (κ3) is 3.08. The van der Waals surface area contributed by atoms with Gasteiger partial charge in [-0.05, 0) is 42.9 Å². The molecule has 3 heterocycles. The molecule has 27 heavy (non-hydrogen) atoms. The van der Waals surface area contributed by atoms with Crippen LogP contribution in [0.3, 0.4) is 0 Å². The van der Waals surface area contributed by atoms with E-state index in [0.717, 1.165) is 31.1 Å². The molecule has 0 unspecified atom stereocenters. The summed E-state index contributed by atoms with van der Waals surface area (Å²) < 4.78 is 16.2. The van der Waals surface area contributed by atoms with Crippen molar-refractivity contribution in [1.82, 2.24) is 4.40 Å². The molecule has 6 nitrogen and oxygen atoms in total. The first-order chi connectivity index (χ1) is 12.3. The molecule has 8 heteroatoms. The van der Waals surface area contributed by atoms with Gasteiger partial charge in [0, 0.05) is 12.5 Å². The van der Waals surface area contributed by atoms with Crippen LogP contribution in [0, 0.1) is 18.7 Å². The molecule has 2 atom stereocenters. The van der Waals surface area contributed by atoms with Crippen LogP contribution in [-0.2, 0) is 0 Å². The molecule has 1 saturated heterocycles. The van der Waals surface area contributed by atoms with Crippen LogP contribution in [0.4, 0.5) is 10.1 Å². The Morgan fingerprint density at radius 3 is 2.52 bits per heavy atom. The summed E-state index contributed by atoms with van der Waals surface area (Å²) >= 11 is 0. The lowest BCUT2D eigenvalue weighted by Gasteiger charge is -2.23. The lowest BCUT2D eigenvalue weighted by molar-refractivity contribution is -0.421. The van der Waals surface area contributed by atoms with Crippen molar-refractivity contribution in [3.8, 4) is 0 Å². The first-order valence-corrected chi connectivity index (χ1v) is 8.99. The molecule has 1 aliphatic heterocycles. The van der Waals surface area contributed by atoms with Crippen LogP contribution in [-0.4, -0.2) is 34.6 Å². The van der Waals surface area contributed by atoms with Gasteiger partial charge in [0.2, 0.25) is 0 Å². The Kier molecular flexibility index (Phi) is 4.94. The van der Waals surface area contributed by atoms with E-state index < -0.39 is 17.3 Å². The Hall–Kier alpha value is -2.12. The number of nitrogens with zero attached hydrogens (tertiary/aromatic N) is 2. The van der Waals surface area contributed by atoms with E-state index in [4.69, 9.17) is 0 Å². The fourth-order valence-electron chi connectivity index (χ4n) is 4.11. The van der Waals surface area contributed by atoms with Gasteiger partial charge in [-0.15, -0.1) is 0 Å². The first-order valence-electron chi connectivity index (χ1n) is 8.99. The monoisotopic (exact) mass is 395 g/mol. The fourth-order valence-corrected chi connectivity index (χ4v) is 4.11. The van der Waals surface area contributed by atoms with Crippen LogP contribution in [0.1, 0.15) is 47.2 Å². The van der Waals surface area contributed by atoms with Gasteiger partial charge >= 0.3 is 5.97 Å². The van der Waals surface area contributed by atoms with Gasteiger partial charge < -0.3 is 28.1 Å². The molecule has 4 rings (SSSR count). The molecule has 2 aromatic heterocycles. The highest BCUT2D eigenvalue weighted by atomic mass is 35.5. The van der Waals surface area contributed by atoms with Gasteiger partial charge in [0.15, 0.2) is 5.82 Å². The van der Waals surface area contributed by atoms with E-state index in [1.807, 2.05) is 11.8 Å². The summed E-state index contributed by atoms with van der Waals surface area (Å²) in [5.41, 5.74) is 5.83. The maximum Gasteiger partial charge on any atom is 0.341 e. The quantitative estimate of drug-likeness (QED) is 0.654. The predicted octanol–water partition coefficient (Wildman–Crippen LogP) is -1.61. The van der Waals surface area contributed by atoms with Crippen LogP contribution in [0.2, 0.25) is 0 Å². The molecule has 4 N–H and O–H groups in total. The number of carbonyl (C=O) groups is 1. The Labute approximate surface area is 162 Å². The highest BCUT2D eigenvalue weighted by Gasteiger charge is 2.34. The molecular formula is C19H23ClFN3O3. The van der Waals surface area contributed by atoms with E-state index in [9.17, 15) is 19.1 Å². The topological polar surface area (TPSA) is 89.7 Å². The molecule has 2 aromatic rings. The van der Waals surface area contributed by atoms with Crippen LogP contribution in [0.5, 0.6) is 0 Å². The van der Waals surface area contributed by atoms with E-state index >= 15 is 0 Å². The van der Waals surface area contributed by atoms with Gasteiger partial charge in [0.1, 0.15) is 11.6 Å². The van der Waals surface area contributed by atoms with E-state index in [1.54, 1.807) is 0 Å². The predicted molar refractivity (Wildman–Crippen MR) is 95.3 cm³/mol. The van der Waals surface area contributed by atoms with Crippen molar-refractivity contribution in [2.45, 2.75) is 38.6 Å². The Morgan fingerprint density at radius 2 is 2.00 bits per heavy atom. The van der Waals surface area contributed by atoms with Crippen LogP contribution >= 0.6 is 0 Å². The highest BCUT2D eigenvalue weighted by molar-refractivity contribution is 5.89. The van der Waals surface area contributed by atoms with Gasteiger partial charge in [-0.1, -0.05) is 6.92 Å². The maximum absolute atomic E-state index is 15.0.